The smallest absolute Gasteiger partial charge is 0.226 e. The fourth-order valence-corrected chi connectivity index (χ4v) is 6.40. The normalized spacial score (nSPS) is 30.8. The average molecular weight is 435 g/mol. The lowest BCUT2D eigenvalue weighted by molar-refractivity contribution is -0.141. The van der Waals surface area contributed by atoms with Crippen LogP contribution in [0.3, 0.4) is 0 Å². The molecule has 1 aromatic rings. The van der Waals surface area contributed by atoms with Gasteiger partial charge in [0.05, 0.1) is 18.8 Å². The molecule has 2 unspecified atom stereocenters. The first-order valence-electron chi connectivity index (χ1n) is 11.7. The molecule has 2 aliphatic carbocycles. The number of carbonyl (C=O) groups excluding carboxylic acids is 1. The summed E-state index contributed by atoms with van der Waals surface area (Å²) in [5.74, 6) is 1.12. The topological polar surface area (TPSA) is 58.6 Å². The summed E-state index contributed by atoms with van der Waals surface area (Å²) in [5, 5.41) is 0. The number of hydrogen-bond acceptors (Lipinski definition) is 3. The van der Waals surface area contributed by atoms with E-state index in [1.807, 2.05) is 4.90 Å². The number of hydrogen-bond donors (Lipinski definition) is 2. The number of carbonyl (C=O) groups is 1. The minimum atomic E-state index is -2.37. The van der Waals surface area contributed by atoms with Crippen LogP contribution in [0.25, 0.3) is 0 Å². The Labute approximate surface area is 182 Å². The summed E-state index contributed by atoms with van der Waals surface area (Å²) in [7, 11) is -2.37. The second kappa shape index (κ2) is 9.49. The molecule has 2 saturated carbocycles. The number of amides is 1. The van der Waals surface area contributed by atoms with E-state index in [2.05, 4.69) is 35.1 Å². The molecule has 3 aliphatic rings. The summed E-state index contributed by atoms with van der Waals surface area (Å²) in [5.41, 5.74) is 1.44. The molecule has 3 fully saturated rings. The van der Waals surface area contributed by atoms with Crippen molar-refractivity contribution in [2.45, 2.75) is 75.5 Å². The lowest BCUT2D eigenvalue weighted by atomic mass is 9.83. The zero-order valence-electron chi connectivity index (χ0n) is 18.5. The van der Waals surface area contributed by atoms with Crippen LogP contribution in [0.15, 0.2) is 30.3 Å². The molecular weight excluding hydrogens is 396 g/mol. The largest absolute Gasteiger partial charge is 0.376 e. The summed E-state index contributed by atoms with van der Waals surface area (Å²) in [6, 6.07) is 10.9. The molecule has 1 saturated heterocycles. The zero-order chi connectivity index (χ0) is 21.1. The molecule has 2 atom stereocenters. The van der Waals surface area contributed by atoms with Gasteiger partial charge in [0.25, 0.3) is 0 Å². The molecule has 0 bridgehead atoms. The van der Waals surface area contributed by atoms with Crippen LogP contribution in [0.4, 0.5) is 0 Å². The van der Waals surface area contributed by atoms with Gasteiger partial charge in [-0.2, -0.15) is 0 Å². The minimum absolute atomic E-state index is 0.00169. The van der Waals surface area contributed by atoms with Gasteiger partial charge in [-0.15, -0.1) is 0 Å². The van der Waals surface area contributed by atoms with E-state index in [0.717, 1.165) is 57.9 Å². The van der Waals surface area contributed by atoms with Crippen LogP contribution in [-0.4, -0.2) is 58.9 Å². The lowest BCUT2D eigenvalue weighted by Gasteiger charge is -2.36. The highest BCUT2D eigenvalue weighted by atomic mass is 32.3. The van der Waals surface area contributed by atoms with Gasteiger partial charge >= 0.3 is 0 Å². The van der Waals surface area contributed by atoms with E-state index in [4.69, 9.17) is 4.74 Å². The maximum absolute atomic E-state index is 13.0. The van der Waals surface area contributed by atoms with Gasteiger partial charge in [0.1, 0.15) is 0 Å². The lowest BCUT2D eigenvalue weighted by Crippen LogP contribution is -2.52. The van der Waals surface area contributed by atoms with Crippen molar-refractivity contribution in [1.29, 1.82) is 0 Å². The van der Waals surface area contributed by atoms with E-state index in [1.165, 1.54) is 5.56 Å². The quantitative estimate of drug-likeness (QED) is 0.648. The SMILES string of the molecule is C[SH](C)(=O)NC1CCN(C(=O)C2CCC2)C1CO[C@H]1CC[C@@H](c2ccccc2)CC1. The predicted octanol–water partition coefficient (Wildman–Crippen LogP) is 3.28. The first-order valence-corrected chi connectivity index (χ1v) is 14.3. The summed E-state index contributed by atoms with van der Waals surface area (Å²) in [6.07, 6.45) is 12.3. The van der Waals surface area contributed by atoms with E-state index in [9.17, 15) is 9.00 Å². The molecule has 6 heteroatoms. The third-order valence-electron chi connectivity index (χ3n) is 7.21. The number of nitrogens with zero attached hydrogens (tertiary/aromatic N) is 1. The van der Waals surface area contributed by atoms with E-state index in [-0.39, 0.29) is 30.0 Å². The van der Waals surface area contributed by atoms with Gasteiger partial charge in [0.2, 0.25) is 5.91 Å². The molecule has 1 heterocycles. The Morgan fingerprint density at radius 1 is 1.07 bits per heavy atom. The van der Waals surface area contributed by atoms with Crippen molar-refractivity contribution < 1.29 is 13.7 Å². The van der Waals surface area contributed by atoms with Crippen molar-refractivity contribution in [2.24, 2.45) is 5.92 Å². The second-order valence-corrected chi connectivity index (χ2v) is 12.8. The number of nitrogens with one attached hydrogen (secondary N) is 1. The van der Waals surface area contributed by atoms with Gasteiger partial charge in [0, 0.05) is 31.0 Å². The van der Waals surface area contributed by atoms with Crippen molar-refractivity contribution in [3.8, 4) is 0 Å². The fourth-order valence-electron chi connectivity index (χ4n) is 5.30. The Kier molecular flexibility index (Phi) is 6.95. The molecule has 168 valence electrons. The van der Waals surface area contributed by atoms with Crippen LogP contribution >= 0.6 is 0 Å². The van der Waals surface area contributed by atoms with E-state index in [0.29, 0.717) is 12.5 Å². The van der Waals surface area contributed by atoms with Crippen LogP contribution in [0.5, 0.6) is 0 Å². The zero-order valence-corrected chi connectivity index (χ0v) is 19.4. The van der Waals surface area contributed by atoms with E-state index >= 15 is 0 Å². The molecule has 0 radical (unpaired) electrons. The highest BCUT2D eigenvalue weighted by molar-refractivity contribution is 7.99. The van der Waals surface area contributed by atoms with Crippen molar-refractivity contribution in [1.82, 2.24) is 9.62 Å². The number of likely N-dealkylation sites (tertiary alicyclic amines) is 1. The molecule has 1 N–H and O–H groups in total. The van der Waals surface area contributed by atoms with E-state index < -0.39 is 10.1 Å². The van der Waals surface area contributed by atoms with Crippen LogP contribution in [0, 0.1) is 5.92 Å². The molecule has 0 aromatic heterocycles. The molecular formula is C24H38N2O3S. The van der Waals surface area contributed by atoms with Crippen molar-refractivity contribution in [2.75, 3.05) is 25.7 Å². The Morgan fingerprint density at radius 3 is 2.37 bits per heavy atom. The van der Waals surface area contributed by atoms with Crippen molar-refractivity contribution in [3.63, 3.8) is 0 Å². The third-order valence-corrected chi connectivity index (χ3v) is 8.16. The highest BCUT2D eigenvalue weighted by Gasteiger charge is 2.41. The summed E-state index contributed by atoms with van der Waals surface area (Å²) in [6.45, 7) is 1.30. The highest BCUT2D eigenvalue weighted by Crippen LogP contribution is 2.35. The molecule has 1 aliphatic heterocycles. The Hall–Kier alpha value is -1.24. The Balaban J connectivity index is 1.34. The number of ether oxygens (including phenoxy) is 1. The molecule has 4 rings (SSSR count). The minimum Gasteiger partial charge on any atom is -0.376 e. The molecule has 1 aromatic carbocycles. The predicted molar refractivity (Wildman–Crippen MR) is 123 cm³/mol. The van der Waals surface area contributed by atoms with Crippen molar-refractivity contribution in [3.05, 3.63) is 35.9 Å². The number of thiol groups is 1. The number of rotatable bonds is 7. The number of benzene rings is 1. The van der Waals surface area contributed by atoms with Gasteiger partial charge in [-0.3, -0.25) is 13.7 Å². The molecule has 30 heavy (non-hydrogen) atoms. The summed E-state index contributed by atoms with van der Waals surface area (Å²) < 4.78 is 22.1. The summed E-state index contributed by atoms with van der Waals surface area (Å²) in [4.78, 5) is 15.0. The van der Waals surface area contributed by atoms with Crippen LogP contribution < -0.4 is 4.72 Å². The van der Waals surface area contributed by atoms with Crippen LogP contribution in [-0.2, 0) is 19.7 Å². The van der Waals surface area contributed by atoms with Gasteiger partial charge < -0.3 is 9.64 Å². The maximum Gasteiger partial charge on any atom is 0.226 e. The Bertz CT molecular complexity index is 753. The standard InChI is InChI=1S/C24H38N2O3S/c1-30(2,28)25-22-15-16-26(24(27)20-9-6-10-20)23(22)17-29-21-13-11-19(12-14-21)18-7-4-3-5-8-18/h3-5,7-8,19-23,30H,6,9-17H2,1-2H3,(H,25,28)/t19-,21+,22?,23?. The van der Waals surface area contributed by atoms with Gasteiger partial charge in [-0.25, -0.2) is 0 Å². The molecule has 0 spiro atoms. The monoisotopic (exact) mass is 434 g/mol. The maximum atomic E-state index is 13.0. The molecule has 1 amide bonds. The third kappa shape index (κ3) is 5.32. The van der Waals surface area contributed by atoms with Crippen LogP contribution in [0.2, 0.25) is 0 Å². The van der Waals surface area contributed by atoms with Crippen LogP contribution in [0.1, 0.15) is 62.8 Å². The first-order chi connectivity index (χ1) is 14.4. The second-order valence-electron chi connectivity index (χ2n) is 9.82. The summed E-state index contributed by atoms with van der Waals surface area (Å²) >= 11 is 0. The van der Waals surface area contributed by atoms with Gasteiger partial charge in [0.15, 0.2) is 0 Å². The fraction of sp³-hybridized carbons (Fsp3) is 0.708. The Morgan fingerprint density at radius 2 is 1.77 bits per heavy atom. The first kappa shape index (κ1) is 22.0. The molecule has 5 nitrogen and oxygen atoms in total. The van der Waals surface area contributed by atoms with Crippen molar-refractivity contribution >= 4 is 16.0 Å². The average Bonchev–Trinajstić information content (AvgIpc) is 3.07. The van der Waals surface area contributed by atoms with Gasteiger partial charge in [-0.05, 0) is 56.4 Å². The van der Waals surface area contributed by atoms with Gasteiger partial charge in [-0.1, -0.05) is 46.9 Å². The van der Waals surface area contributed by atoms with E-state index in [1.54, 1.807) is 12.5 Å².